The maximum absolute atomic E-state index is 12.3. The third-order valence-electron chi connectivity index (χ3n) is 3.02. The quantitative estimate of drug-likeness (QED) is 0.687. The van der Waals surface area contributed by atoms with Crippen LogP contribution in [0.15, 0.2) is 64.0 Å². The fourth-order valence-electron chi connectivity index (χ4n) is 1.98. The van der Waals surface area contributed by atoms with E-state index in [0.29, 0.717) is 21.6 Å². The van der Waals surface area contributed by atoms with Crippen molar-refractivity contribution in [3.05, 3.63) is 81.2 Å². The van der Waals surface area contributed by atoms with Crippen molar-refractivity contribution in [3.8, 4) is 0 Å². The van der Waals surface area contributed by atoms with Gasteiger partial charge < -0.3 is 4.42 Å². The zero-order chi connectivity index (χ0) is 13.9. The highest BCUT2D eigenvalue weighted by atomic mass is 35.5. The van der Waals surface area contributed by atoms with Gasteiger partial charge in [-0.1, -0.05) is 48.0 Å². The van der Waals surface area contributed by atoms with E-state index in [1.54, 1.807) is 24.3 Å². The van der Waals surface area contributed by atoms with Crippen LogP contribution in [0.5, 0.6) is 0 Å². The highest BCUT2D eigenvalue weighted by Gasteiger charge is 2.05. The maximum atomic E-state index is 12.3. The fourth-order valence-corrected chi connectivity index (χ4v) is 2.16. The molecule has 0 aliphatic heterocycles. The van der Waals surface area contributed by atoms with E-state index in [9.17, 15) is 4.79 Å². The van der Waals surface area contributed by atoms with E-state index in [2.05, 4.69) is 0 Å². The Balaban J connectivity index is 2.07. The van der Waals surface area contributed by atoms with E-state index < -0.39 is 0 Å². The summed E-state index contributed by atoms with van der Waals surface area (Å²) in [5.74, 6) is 0. The van der Waals surface area contributed by atoms with Gasteiger partial charge in [-0.05, 0) is 29.8 Å². The molecule has 3 aromatic rings. The molecule has 1 heterocycles. The highest BCUT2D eigenvalue weighted by Crippen LogP contribution is 2.17. The molecular formula is C17H11ClO2. The van der Waals surface area contributed by atoms with Crippen molar-refractivity contribution in [1.82, 2.24) is 0 Å². The summed E-state index contributed by atoms with van der Waals surface area (Å²) in [7, 11) is 0. The van der Waals surface area contributed by atoms with E-state index >= 15 is 0 Å². The van der Waals surface area contributed by atoms with Crippen LogP contribution < -0.4 is 5.43 Å². The first-order valence-electron chi connectivity index (χ1n) is 6.18. The molecule has 0 saturated carbocycles. The lowest BCUT2D eigenvalue weighted by atomic mass is 10.1. The molecule has 0 saturated heterocycles. The van der Waals surface area contributed by atoms with Crippen LogP contribution in [0.25, 0.3) is 23.1 Å². The predicted molar refractivity (Wildman–Crippen MR) is 82.9 cm³/mol. The molecule has 0 aliphatic rings. The molecule has 2 nitrogen and oxygen atoms in total. The Morgan fingerprint density at radius 1 is 1.00 bits per heavy atom. The summed E-state index contributed by atoms with van der Waals surface area (Å²) in [6, 6.07) is 14.8. The Morgan fingerprint density at radius 3 is 2.60 bits per heavy atom. The van der Waals surface area contributed by atoms with Crippen molar-refractivity contribution in [3.63, 3.8) is 0 Å². The Kier molecular flexibility index (Phi) is 3.40. The minimum Gasteiger partial charge on any atom is -0.463 e. The van der Waals surface area contributed by atoms with Crippen molar-refractivity contribution >= 4 is 34.7 Å². The third kappa shape index (κ3) is 2.51. The zero-order valence-corrected chi connectivity index (χ0v) is 11.3. The van der Waals surface area contributed by atoms with Crippen LogP contribution in [0.2, 0.25) is 5.02 Å². The first-order chi connectivity index (χ1) is 9.74. The average Bonchev–Trinajstić information content (AvgIpc) is 2.48. The zero-order valence-electron chi connectivity index (χ0n) is 10.5. The van der Waals surface area contributed by atoms with Gasteiger partial charge in [0.2, 0.25) is 0 Å². The smallest absolute Gasteiger partial charge is 0.199 e. The molecule has 0 unspecified atom stereocenters. The number of benzene rings is 2. The van der Waals surface area contributed by atoms with Crippen molar-refractivity contribution in [1.29, 1.82) is 0 Å². The van der Waals surface area contributed by atoms with Crippen LogP contribution >= 0.6 is 11.6 Å². The van der Waals surface area contributed by atoms with Gasteiger partial charge in [-0.3, -0.25) is 4.79 Å². The summed E-state index contributed by atoms with van der Waals surface area (Å²) in [5.41, 5.74) is 1.99. The van der Waals surface area contributed by atoms with Gasteiger partial charge in [0.15, 0.2) is 5.43 Å². The molecule has 0 spiro atoms. The summed E-state index contributed by atoms with van der Waals surface area (Å²) in [6.45, 7) is 0. The van der Waals surface area contributed by atoms with Crippen LogP contribution in [-0.4, -0.2) is 0 Å². The molecule has 20 heavy (non-hydrogen) atoms. The Bertz CT molecular complexity index is 832. The molecule has 3 rings (SSSR count). The predicted octanol–water partition coefficient (Wildman–Crippen LogP) is 4.62. The second kappa shape index (κ2) is 5.35. The number of hydrogen-bond donors (Lipinski definition) is 0. The van der Waals surface area contributed by atoms with Gasteiger partial charge in [0.25, 0.3) is 0 Å². The van der Waals surface area contributed by atoms with Gasteiger partial charge in [0, 0.05) is 5.02 Å². The van der Waals surface area contributed by atoms with Crippen LogP contribution in [-0.2, 0) is 0 Å². The fraction of sp³-hybridized carbons (Fsp3) is 0. The SMILES string of the molecule is O=c1c(/C=C/c2ccccc2)coc2ccc(Cl)cc12. The first-order valence-corrected chi connectivity index (χ1v) is 6.56. The van der Waals surface area contributed by atoms with Gasteiger partial charge in [-0.25, -0.2) is 0 Å². The summed E-state index contributed by atoms with van der Waals surface area (Å²) in [5, 5.41) is 1.02. The molecule has 2 aromatic carbocycles. The second-order valence-corrected chi connectivity index (χ2v) is 4.84. The lowest BCUT2D eigenvalue weighted by molar-refractivity contribution is 0.601. The molecule has 0 aliphatic carbocycles. The molecule has 0 N–H and O–H groups in total. The summed E-state index contributed by atoms with van der Waals surface area (Å²) in [4.78, 5) is 12.3. The van der Waals surface area contributed by atoms with Gasteiger partial charge >= 0.3 is 0 Å². The van der Waals surface area contributed by atoms with Crippen molar-refractivity contribution in [2.45, 2.75) is 0 Å². The second-order valence-electron chi connectivity index (χ2n) is 4.40. The Labute approximate surface area is 120 Å². The van der Waals surface area contributed by atoms with E-state index in [-0.39, 0.29) is 5.43 Å². The molecule has 3 heteroatoms. The van der Waals surface area contributed by atoms with Gasteiger partial charge in [-0.2, -0.15) is 0 Å². The topological polar surface area (TPSA) is 30.2 Å². The van der Waals surface area contributed by atoms with Crippen molar-refractivity contribution in [2.75, 3.05) is 0 Å². The van der Waals surface area contributed by atoms with Crippen LogP contribution in [0.1, 0.15) is 11.1 Å². The molecule has 98 valence electrons. The van der Waals surface area contributed by atoms with Crippen LogP contribution in [0, 0.1) is 0 Å². The minimum absolute atomic E-state index is 0.0825. The molecule has 0 bridgehead atoms. The summed E-state index contributed by atoms with van der Waals surface area (Å²) >= 11 is 5.92. The molecule has 0 amide bonds. The third-order valence-corrected chi connectivity index (χ3v) is 3.25. The van der Waals surface area contributed by atoms with Crippen LogP contribution in [0.3, 0.4) is 0 Å². The lowest BCUT2D eigenvalue weighted by Gasteiger charge is -1.99. The van der Waals surface area contributed by atoms with Crippen molar-refractivity contribution in [2.24, 2.45) is 0 Å². The summed E-state index contributed by atoms with van der Waals surface area (Å²) < 4.78 is 5.46. The first kappa shape index (κ1) is 12.7. The minimum atomic E-state index is -0.0825. The van der Waals surface area contributed by atoms with Crippen molar-refractivity contribution < 1.29 is 4.42 Å². The van der Waals surface area contributed by atoms with Crippen LogP contribution in [0.4, 0.5) is 0 Å². The number of halogens is 1. The van der Waals surface area contributed by atoms with Gasteiger partial charge in [0.1, 0.15) is 11.8 Å². The van der Waals surface area contributed by atoms with E-state index in [1.807, 2.05) is 36.4 Å². The number of rotatable bonds is 2. The Hall–Kier alpha value is -2.32. The maximum Gasteiger partial charge on any atom is 0.199 e. The van der Waals surface area contributed by atoms with Gasteiger partial charge in [0.05, 0.1) is 10.9 Å². The molecular weight excluding hydrogens is 272 g/mol. The molecule has 0 fully saturated rings. The molecule has 0 atom stereocenters. The molecule has 0 radical (unpaired) electrons. The highest BCUT2D eigenvalue weighted by molar-refractivity contribution is 6.31. The van der Waals surface area contributed by atoms with E-state index in [4.69, 9.17) is 16.0 Å². The molecule has 1 aromatic heterocycles. The summed E-state index contributed by atoms with van der Waals surface area (Å²) in [6.07, 6.45) is 5.10. The number of hydrogen-bond acceptors (Lipinski definition) is 2. The standard InChI is InChI=1S/C17H11ClO2/c18-14-8-9-16-15(10-14)17(19)13(11-20-16)7-6-12-4-2-1-3-5-12/h1-11H/b7-6+. The normalized spacial score (nSPS) is 11.2. The average molecular weight is 283 g/mol. The largest absolute Gasteiger partial charge is 0.463 e. The Morgan fingerprint density at radius 2 is 1.80 bits per heavy atom. The monoisotopic (exact) mass is 282 g/mol. The lowest BCUT2D eigenvalue weighted by Crippen LogP contribution is -2.04. The van der Waals surface area contributed by atoms with Gasteiger partial charge in [-0.15, -0.1) is 0 Å². The number of fused-ring (bicyclic) bond motifs is 1. The van der Waals surface area contributed by atoms with E-state index in [0.717, 1.165) is 5.56 Å². The van der Waals surface area contributed by atoms with E-state index in [1.165, 1.54) is 6.26 Å².